The molecule has 13 heteroatoms. The summed E-state index contributed by atoms with van der Waals surface area (Å²) in [5.41, 5.74) is 7.40. The van der Waals surface area contributed by atoms with Crippen LogP contribution in [0.4, 0.5) is 4.79 Å². The summed E-state index contributed by atoms with van der Waals surface area (Å²) < 4.78 is 16.3. The molecule has 0 radical (unpaired) electrons. The van der Waals surface area contributed by atoms with Crippen LogP contribution >= 0.6 is 0 Å². The van der Waals surface area contributed by atoms with E-state index in [9.17, 15) is 9.59 Å². The number of H-pyrrole nitrogens is 2. The predicted octanol–water partition coefficient (Wildman–Crippen LogP) is 6.85. The van der Waals surface area contributed by atoms with Gasteiger partial charge >= 0.3 is 6.09 Å². The van der Waals surface area contributed by atoms with Crippen molar-refractivity contribution < 1.29 is 23.8 Å². The molecule has 2 saturated carbocycles. The summed E-state index contributed by atoms with van der Waals surface area (Å²) in [5, 5.41) is 6.03. The molecule has 3 fully saturated rings. The molecule has 8 rings (SSSR count). The van der Waals surface area contributed by atoms with Gasteiger partial charge in [-0.1, -0.05) is 54.6 Å². The molecule has 4 N–H and O–H groups in total. The highest BCUT2D eigenvalue weighted by Crippen LogP contribution is 2.56. The number of hydrogen-bond donors (Lipinski definition) is 4. The van der Waals surface area contributed by atoms with E-state index in [1.54, 1.807) is 18.0 Å². The van der Waals surface area contributed by atoms with E-state index in [-0.39, 0.29) is 11.9 Å². The van der Waals surface area contributed by atoms with Gasteiger partial charge in [0.2, 0.25) is 5.91 Å². The van der Waals surface area contributed by atoms with Crippen LogP contribution in [0, 0.1) is 17.8 Å². The molecule has 2 aromatic carbocycles. The molecule has 3 aromatic heterocycles. The van der Waals surface area contributed by atoms with Crippen LogP contribution in [0.5, 0.6) is 0 Å². The van der Waals surface area contributed by atoms with Gasteiger partial charge in [0.25, 0.3) is 0 Å². The summed E-state index contributed by atoms with van der Waals surface area (Å²) in [6.07, 6.45) is 11.7. The molecular weight excluding hydrogens is 721 g/mol. The van der Waals surface area contributed by atoms with E-state index in [4.69, 9.17) is 19.2 Å². The topological polar surface area (TPSA) is 159 Å². The number of methoxy groups -OCH3 is 2. The monoisotopic (exact) mass is 772 g/mol. The van der Waals surface area contributed by atoms with Gasteiger partial charge in [0, 0.05) is 38.5 Å². The zero-order chi connectivity index (χ0) is 39.3. The number of nitrogens with zero attached hydrogens (tertiary/aromatic N) is 4. The van der Waals surface area contributed by atoms with Crippen LogP contribution in [0.25, 0.3) is 33.6 Å². The van der Waals surface area contributed by atoms with E-state index in [1.165, 1.54) is 33.5 Å². The molecule has 2 bridgehead atoms. The van der Waals surface area contributed by atoms with Gasteiger partial charge in [-0.25, -0.2) is 14.8 Å². The molecule has 4 unspecified atom stereocenters. The van der Waals surface area contributed by atoms with Crippen LogP contribution in [0.2, 0.25) is 0 Å². The first-order valence-electron chi connectivity index (χ1n) is 20.1. The van der Waals surface area contributed by atoms with Gasteiger partial charge in [-0.3, -0.25) is 15.1 Å². The van der Waals surface area contributed by atoms with E-state index < -0.39 is 18.2 Å². The number of aromatic amines is 2. The number of aromatic nitrogens is 5. The average Bonchev–Trinajstić information content (AvgIpc) is 4.12. The number of likely N-dealkylation sites (tertiary alicyclic amines) is 1. The average molecular weight is 773 g/mol. The number of amides is 2. The Hall–Kier alpha value is -5.37. The summed E-state index contributed by atoms with van der Waals surface area (Å²) >= 11 is 0. The van der Waals surface area contributed by atoms with Gasteiger partial charge in [0.1, 0.15) is 17.7 Å². The lowest BCUT2D eigenvalue weighted by Crippen LogP contribution is -2.54. The summed E-state index contributed by atoms with van der Waals surface area (Å²) in [4.78, 5) is 48.4. The number of carbonyl (C=O) groups excluding carboxylic acids is 2. The number of nitrogens with one attached hydrogen (secondary N) is 4. The van der Waals surface area contributed by atoms with Crippen molar-refractivity contribution >= 4 is 12.0 Å². The Bertz CT molecular complexity index is 2100. The molecule has 4 heterocycles. The minimum atomic E-state index is -0.876. The second kappa shape index (κ2) is 17.4. The van der Waals surface area contributed by atoms with E-state index >= 15 is 0 Å². The molecule has 0 spiro atoms. The highest BCUT2D eigenvalue weighted by Gasteiger charge is 2.49. The van der Waals surface area contributed by atoms with E-state index in [2.05, 4.69) is 85.2 Å². The predicted molar refractivity (Wildman–Crippen MR) is 215 cm³/mol. The fourth-order valence-electron chi connectivity index (χ4n) is 9.23. The molecule has 298 valence electrons. The van der Waals surface area contributed by atoms with Gasteiger partial charge in [-0.05, 0) is 90.7 Å². The summed E-state index contributed by atoms with van der Waals surface area (Å²) in [6, 6.07) is 19.9. The number of alkyl carbamates (subject to hydrolysis) is 1. The molecule has 3 aliphatic rings. The van der Waals surface area contributed by atoms with Gasteiger partial charge in [-0.15, -0.1) is 0 Å². The van der Waals surface area contributed by atoms with Crippen LogP contribution in [-0.4, -0.2) is 88.1 Å². The van der Waals surface area contributed by atoms with Gasteiger partial charge in [0.15, 0.2) is 0 Å². The summed E-state index contributed by atoms with van der Waals surface area (Å²) in [6.45, 7) is 4.32. The van der Waals surface area contributed by atoms with Gasteiger partial charge in [-0.2, -0.15) is 0 Å². The molecular formula is C44H52N8O5. The maximum Gasteiger partial charge on any atom is 0.407 e. The van der Waals surface area contributed by atoms with Crippen molar-refractivity contribution in [2.24, 2.45) is 17.8 Å². The van der Waals surface area contributed by atoms with Crippen molar-refractivity contribution in [2.45, 2.75) is 69.7 Å². The molecule has 13 nitrogen and oxygen atoms in total. The Kier molecular flexibility index (Phi) is 11.8. The molecule has 2 amide bonds. The third-order valence-electron chi connectivity index (χ3n) is 12.3. The SMILES string of the molecule is COC(=O)N[C@H](C(=O)N1CCC[C@H]1c1ncc(-c2ccc(-c3ccc(-c4cnc(C5C6CCC(C6)C5COCNCc5cccnc5)[nH]4)cc3)cc2)[nH]1)[C@@H](C)OC. The fourth-order valence-corrected chi connectivity index (χ4v) is 9.23. The zero-order valence-corrected chi connectivity index (χ0v) is 32.8. The minimum absolute atomic E-state index is 0.226. The zero-order valence-electron chi connectivity index (χ0n) is 32.8. The normalized spacial score (nSPS) is 22.4. The van der Waals surface area contributed by atoms with Crippen molar-refractivity contribution in [3.05, 3.63) is 103 Å². The number of rotatable bonds is 15. The van der Waals surface area contributed by atoms with E-state index in [1.807, 2.05) is 24.7 Å². The quantitative estimate of drug-likeness (QED) is 0.0660. The highest BCUT2D eigenvalue weighted by atomic mass is 16.5. The third kappa shape index (κ3) is 8.37. The smallest absolute Gasteiger partial charge is 0.407 e. The Balaban J connectivity index is 0.883. The molecule has 5 aromatic rings. The van der Waals surface area contributed by atoms with Gasteiger partial charge < -0.3 is 34.4 Å². The second-order valence-corrected chi connectivity index (χ2v) is 15.6. The van der Waals surface area contributed by atoms with Crippen molar-refractivity contribution in [2.75, 3.05) is 34.1 Å². The van der Waals surface area contributed by atoms with Crippen LogP contribution < -0.4 is 10.6 Å². The van der Waals surface area contributed by atoms with Crippen LogP contribution in [0.15, 0.2) is 85.5 Å². The van der Waals surface area contributed by atoms with Crippen LogP contribution in [0.1, 0.15) is 68.2 Å². The Morgan fingerprint density at radius 1 is 0.860 bits per heavy atom. The Morgan fingerprint density at radius 2 is 1.53 bits per heavy atom. The van der Waals surface area contributed by atoms with Gasteiger partial charge in [0.05, 0.1) is 56.4 Å². The van der Waals surface area contributed by atoms with Crippen molar-refractivity contribution in [3.8, 4) is 33.6 Å². The number of hydrogen-bond acceptors (Lipinski definition) is 9. The number of pyridine rings is 1. The first-order chi connectivity index (χ1) is 27.9. The summed E-state index contributed by atoms with van der Waals surface area (Å²) in [5.74, 6) is 3.80. The molecule has 1 aliphatic heterocycles. The minimum Gasteiger partial charge on any atom is -0.453 e. The maximum absolute atomic E-state index is 13.6. The number of benzene rings is 2. The number of ether oxygens (including phenoxy) is 3. The largest absolute Gasteiger partial charge is 0.453 e. The standard InChI is InChI=1S/C44H52N8O5/c1-27(55-2)40(51-44(54)56-3)43(53)52-19-5-7-38(52)41-47-23-36(49-41)31-12-8-29(9-13-31)30-10-14-32(15-11-30)37-24-48-42(50-37)39-34-17-16-33(20-34)35(39)25-57-26-46-22-28-6-4-18-45-21-28/h4,6,8-15,18,21,23-24,27,33-35,38-40,46H,5,7,16-17,19-20,22,25-26H2,1-3H3,(H,47,49)(H,48,50)(H,51,54)/t27-,33?,34?,35?,38+,39?,40+/m1/s1. The van der Waals surface area contributed by atoms with E-state index in [0.29, 0.717) is 42.8 Å². The second-order valence-electron chi connectivity index (χ2n) is 15.6. The Morgan fingerprint density at radius 3 is 2.19 bits per heavy atom. The third-order valence-corrected chi connectivity index (χ3v) is 12.3. The molecule has 1 saturated heterocycles. The Labute approximate surface area is 333 Å². The van der Waals surface area contributed by atoms with Crippen LogP contribution in [0.3, 0.4) is 0 Å². The van der Waals surface area contributed by atoms with Crippen molar-refractivity contribution in [1.29, 1.82) is 0 Å². The van der Waals surface area contributed by atoms with Crippen molar-refractivity contribution in [1.82, 2.24) is 40.5 Å². The summed E-state index contributed by atoms with van der Waals surface area (Å²) in [7, 11) is 2.78. The highest BCUT2D eigenvalue weighted by molar-refractivity contribution is 5.87. The maximum atomic E-state index is 13.6. The number of carbonyl (C=O) groups is 2. The number of imidazole rings is 2. The number of fused-ring (bicyclic) bond motifs is 2. The lowest BCUT2D eigenvalue weighted by molar-refractivity contribution is -0.137. The molecule has 57 heavy (non-hydrogen) atoms. The lowest BCUT2D eigenvalue weighted by Gasteiger charge is -2.30. The van der Waals surface area contributed by atoms with E-state index in [0.717, 1.165) is 71.0 Å². The molecule has 7 atom stereocenters. The van der Waals surface area contributed by atoms with Crippen LogP contribution in [-0.2, 0) is 25.5 Å². The van der Waals surface area contributed by atoms with Crippen molar-refractivity contribution in [3.63, 3.8) is 0 Å². The molecule has 2 aliphatic carbocycles. The lowest BCUT2D eigenvalue weighted by atomic mass is 9.79. The first kappa shape index (κ1) is 38.5. The first-order valence-corrected chi connectivity index (χ1v) is 20.1. The fraction of sp³-hybridized carbons (Fsp3) is 0.432.